The van der Waals surface area contributed by atoms with Crippen molar-refractivity contribution in [2.75, 3.05) is 20.2 Å². The number of dihydropyridines is 1. The largest absolute Gasteiger partial charge is 0.466 e. The Balaban J connectivity index is 0.00000324. The Kier molecular flexibility index (Phi) is 8.70. The predicted molar refractivity (Wildman–Crippen MR) is 137 cm³/mol. The summed E-state index contributed by atoms with van der Waals surface area (Å²) in [7, 11) is 1.40. The van der Waals surface area contributed by atoms with Crippen LogP contribution in [0.25, 0.3) is 0 Å². The fourth-order valence-corrected chi connectivity index (χ4v) is 4.97. The van der Waals surface area contributed by atoms with Gasteiger partial charge in [-0.1, -0.05) is 67.9 Å². The van der Waals surface area contributed by atoms with Gasteiger partial charge in [0, 0.05) is 36.0 Å². The van der Waals surface area contributed by atoms with Gasteiger partial charge in [-0.15, -0.1) is 12.4 Å². The van der Waals surface area contributed by atoms with Crippen LogP contribution in [0.5, 0.6) is 0 Å². The van der Waals surface area contributed by atoms with Crippen LogP contribution in [-0.4, -0.2) is 36.9 Å². The van der Waals surface area contributed by atoms with Gasteiger partial charge in [-0.25, -0.2) is 4.79 Å². The van der Waals surface area contributed by atoms with E-state index in [1.807, 2.05) is 37.3 Å². The molecule has 0 aliphatic carbocycles. The van der Waals surface area contributed by atoms with Crippen LogP contribution in [0.4, 0.5) is 0 Å². The number of methoxy groups -OCH3 is 1. The van der Waals surface area contributed by atoms with Gasteiger partial charge in [-0.2, -0.15) is 0 Å². The number of nitrogens with one attached hydrogen (secondary N) is 1. The first kappa shape index (κ1) is 25.7. The van der Waals surface area contributed by atoms with Crippen molar-refractivity contribution in [2.45, 2.75) is 45.6 Å². The van der Waals surface area contributed by atoms with E-state index in [0.717, 1.165) is 36.2 Å². The Morgan fingerprint density at radius 1 is 1.09 bits per heavy atom. The van der Waals surface area contributed by atoms with Crippen LogP contribution in [0.3, 0.4) is 0 Å². The highest BCUT2D eigenvalue weighted by molar-refractivity contribution is 6.04. The predicted octanol–water partition coefficient (Wildman–Crippen LogP) is 4.92. The molecule has 1 N–H and O–H groups in total. The van der Waals surface area contributed by atoms with Crippen molar-refractivity contribution in [3.63, 3.8) is 0 Å². The minimum absolute atomic E-state index is 0. The summed E-state index contributed by atoms with van der Waals surface area (Å²) in [6, 6.07) is 18.4. The summed E-state index contributed by atoms with van der Waals surface area (Å²) >= 11 is 0. The standard InChI is InChI=1S/C28H32N2O3.ClH/c1-4-5-13-21-14-9-10-15-22(21)26-25(28(32)33-3)19(2)29-23-17-30(18-24(31)27(23)26)16-20-11-7-6-8-12-20;/h6-12,14-15,26,29H,4-5,13,16-18H2,1-3H3;1H. The van der Waals surface area contributed by atoms with E-state index in [-0.39, 0.29) is 24.2 Å². The van der Waals surface area contributed by atoms with E-state index in [1.54, 1.807) is 0 Å². The average molecular weight is 481 g/mol. The van der Waals surface area contributed by atoms with Crippen LogP contribution < -0.4 is 5.32 Å². The number of carbonyl (C=O) groups is 2. The van der Waals surface area contributed by atoms with E-state index in [2.05, 4.69) is 41.4 Å². The first-order chi connectivity index (χ1) is 16.0. The maximum atomic E-state index is 13.6. The van der Waals surface area contributed by atoms with E-state index >= 15 is 0 Å². The Morgan fingerprint density at radius 2 is 1.79 bits per heavy atom. The molecule has 4 rings (SSSR count). The van der Waals surface area contributed by atoms with E-state index in [1.165, 1.54) is 18.2 Å². The number of carbonyl (C=O) groups excluding carboxylic acids is 2. The fourth-order valence-electron chi connectivity index (χ4n) is 4.97. The zero-order valence-corrected chi connectivity index (χ0v) is 20.9. The highest BCUT2D eigenvalue weighted by Crippen LogP contribution is 2.42. The molecule has 0 aromatic heterocycles. The van der Waals surface area contributed by atoms with Crippen molar-refractivity contribution in [1.29, 1.82) is 0 Å². The average Bonchev–Trinajstić information content (AvgIpc) is 2.82. The molecule has 6 heteroatoms. The molecular formula is C28H33ClN2O3. The van der Waals surface area contributed by atoms with Gasteiger partial charge in [0.15, 0.2) is 5.78 Å². The van der Waals surface area contributed by atoms with Crippen molar-refractivity contribution in [1.82, 2.24) is 10.2 Å². The number of hydrogen-bond donors (Lipinski definition) is 1. The van der Waals surface area contributed by atoms with Crippen LogP contribution in [0.2, 0.25) is 0 Å². The molecule has 0 saturated carbocycles. The number of aryl methyl sites for hydroxylation is 1. The third-order valence-corrected chi connectivity index (χ3v) is 6.51. The van der Waals surface area contributed by atoms with Gasteiger partial charge in [-0.3, -0.25) is 9.69 Å². The summed E-state index contributed by atoms with van der Waals surface area (Å²) in [5.74, 6) is -0.738. The van der Waals surface area contributed by atoms with Crippen molar-refractivity contribution < 1.29 is 14.3 Å². The maximum absolute atomic E-state index is 13.6. The number of ether oxygens (including phenoxy) is 1. The normalized spacial score (nSPS) is 18.2. The molecule has 0 amide bonds. The van der Waals surface area contributed by atoms with Gasteiger partial charge in [0.25, 0.3) is 0 Å². The van der Waals surface area contributed by atoms with E-state index < -0.39 is 5.92 Å². The van der Waals surface area contributed by atoms with Crippen LogP contribution in [0.1, 0.15) is 49.3 Å². The summed E-state index contributed by atoms with van der Waals surface area (Å²) in [6.07, 6.45) is 3.06. The smallest absolute Gasteiger partial charge is 0.336 e. The number of nitrogens with zero attached hydrogens (tertiary/aromatic N) is 1. The molecule has 0 saturated heterocycles. The van der Waals surface area contributed by atoms with Crippen LogP contribution >= 0.6 is 12.4 Å². The van der Waals surface area contributed by atoms with Crippen LogP contribution in [0, 0.1) is 0 Å². The van der Waals surface area contributed by atoms with E-state index in [4.69, 9.17) is 4.74 Å². The maximum Gasteiger partial charge on any atom is 0.336 e. The second-order valence-corrected chi connectivity index (χ2v) is 8.84. The molecule has 34 heavy (non-hydrogen) atoms. The second-order valence-electron chi connectivity index (χ2n) is 8.84. The zero-order valence-electron chi connectivity index (χ0n) is 20.1. The van der Waals surface area contributed by atoms with Gasteiger partial charge in [0.2, 0.25) is 0 Å². The Bertz CT molecular complexity index is 1110. The molecule has 0 radical (unpaired) electrons. The summed E-state index contributed by atoms with van der Waals surface area (Å²) < 4.78 is 5.17. The Labute approximate surface area is 208 Å². The third-order valence-electron chi connectivity index (χ3n) is 6.51. The number of benzene rings is 2. The van der Waals surface area contributed by atoms with Gasteiger partial charge in [0.05, 0.1) is 19.2 Å². The van der Waals surface area contributed by atoms with Crippen molar-refractivity contribution >= 4 is 24.2 Å². The molecule has 2 aliphatic rings. The van der Waals surface area contributed by atoms with E-state index in [9.17, 15) is 9.59 Å². The molecule has 1 atom stereocenters. The molecule has 2 aromatic rings. The van der Waals surface area contributed by atoms with Crippen LogP contribution in [0.15, 0.2) is 77.1 Å². The molecule has 5 nitrogen and oxygen atoms in total. The van der Waals surface area contributed by atoms with Gasteiger partial charge < -0.3 is 10.1 Å². The minimum atomic E-state index is -0.409. The van der Waals surface area contributed by atoms with Crippen LogP contribution in [-0.2, 0) is 27.3 Å². The summed E-state index contributed by atoms with van der Waals surface area (Å²) in [6.45, 7) is 5.74. The molecule has 0 spiro atoms. The summed E-state index contributed by atoms with van der Waals surface area (Å²) in [5, 5.41) is 3.39. The van der Waals surface area contributed by atoms with Crippen molar-refractivity contribution in [3.05, 3.63) is 93.8 Å². The lowest BCUT2D eigenvalue weighted by atomic mass is 9.75. The lowest BCUT2D eigenvalue weighted by Gasteiger charge is -2.38. The fraction of sp³-hybridized carbons (Fsp3) is 0.357. The molecule has 2 aromatic carbocycles. The first-order valence-corrected chi connectivity index (χ1v) is 11.7. The third kappa shape index (κ3) is 5.26. The number of unbranched alkanes of at least 4 members (excludes halogenated alkanes) is 1. The molecule has 180 valence electrons. The Hall–Kier alpha value is -2.89. The Morgan fingerprint density at radius 3 is 2.50 bits per heavy atom. The number of halogens is 1. The van der Waals surface area contributed by atoms with Gasteiger partial charge >= 0.3 is 5.97 Å². The quantitative estimate of drug-likeness (QED) is 0.570. The highest BCUT2D eigenvalue weighted by atomic mass is 35.5. The highest BCUT2D eigenvalue weighted by Gasteiger charge is 2.41. The first-order valence-electron chi connectivity index (χ1n) is 11.7. The molecule has 0 bridgehead atoms. The topological polar surface area (TPSA) is 58.6 Å². The monoisotopic (exact) mass is 480 g/mol. The zero-order chi connectivity index (χ0) is 23.4. The minimum Gasteiger partial charge on any atom is -0.466 e. The lowest BCUT2D eigenvalue weighted by molar-refractivity contribution is -0.136. The van der Waals surface area contributed by atoms with Crippen molar-refractivity contribution in [2.24, 2.45) is 0 Å². The lowest BCUT2D eigenvalue weighted by Crippen LogP contribution is -2.45. The molecule has 0 fully saturated rings. The summed E-state index contributed by atoms with van der Waals surface area (Å²) in [5.41, 5.74) is 6.28. The molecule has 2 aliphatic heterocycles. The van der Waals surface area contributed by atoms with E-state index in [0.29, 0.717) is 30.8 Å². The number of allylic oxidation sites excluding steroid dienone is 1. The van der Waals surface area contributed by atoms with Gasteiger partial charge in [0.1, 0.15) is 0 Å². The number of esters is 1. The van der Waals surface area contributed by atoms with Crippen molar-refractivity contribution in [3.8, 4) is 0 Å². The second kappa shape index (κ2) is 11.5. The molecular weight excluding hydrogens is 448 g/mol. The number of Topliss-reactive ketones (excluding diaryl/α,β-unsaturated/α-hetero) is 1. The number of rotatable bonds is 7. The number of hydrogen-bond acceptors (Lipinski definition) is 5. The van der Waals surface area contributed by atoms with Gasteiger partial charge in [-0.05, 0) is 36.5 Å². The SMILES string of the molecule is CCCCc1ccccc1C1C(C(=O)OC)=C(C)NC2=C1C(=O)CN(Cc1ccccc1)C2.Cl. The molecule has 2 heterocycles. The summed E-state index contributed by atoms with van der Waals surface area (Å²) in [4.78, 5) is 28.6. The molecule has 1 unspecified atom stereocenters. The number of ketones is 1.